The van der Waals surface area contributed by atoms with Gasteiger partial charge in [-0.2, -0.15) is 0 Å². The van der Waals surface area contributed by atoms with Crippen LogP contribution in [0.4, 0.5) is 0 Å². The van der Waals surface area contributed by atoms with E-state index < -0.39 is 0 Å². The van der Waals surface area contributed by atoms with E-state index >= 15 is 0 Å². The van der Waals surface area contributed by atoms with Crippen molar-refractivity contribution < 1.29 is 4.79 Å². The van der Waals surface area contributed by atoms with Crippen LogP contribution in [-0.2, 0) is 11.3 Å². The molecule has 0 saturated carbocycles. The number of aromatic nitrogens is 1. The molecule has 1 amide bonds. The topological polar surface area (TPSA) is 45.2 Å². The lowest BCUT2D eigenvalue weighted by Gasteiger charge is -2.32. The Hall–Kier alpha value is -1.42. The molecule has 3 rings (SSSR count). The third kappa shape index (κ3) is 2.25. The van der Waals surface area contributed by atoms with Gasteiger partial charge in [-0.05, 0) is 30.9 Å². The largest absolute Gasteiger partial charge is 0.338 e. The number of hydrogen-bond acceptors (Lipinski definition) is 3. The number of fused-ring (bicyclic) bond motifs is 1. The van der Waals surface area contributed by atoms with Crippen molar-refractivity contribution in [3.05, 3.63) is 30.1 Å². The van der Waals surface area contributed by atoms with Gasteiger partial charge in [0.05, 0.1) is 0 Å². The molecule has 0 spiro atoms. The zero-order valence-corrected chi connectivity index (χ0v) is 10.5. The molecule has 18 heavy (non-hydrogen) atoms. The molecular formula is C14H19N3O. The molecule has 2 unspecified atom stereocenters. The summed E-state index contributed by atoms with van der Waals surface area (Å²) >= 11 is 0. The van der Waals surface area contributed by atoms with E-state index in [4.69, 9.17) is 0 Å². The molecule has 0 aromatic carbocycles. The molecule has 4 heteroatoms. The van der Waals surface area contributed by atoms with Gasteiger partial charge in [0.2, 0.25) is 5.91 Å². The molecule has 0 radical (unpaired) electrons. The Kier molecular flexibility index (Phi) is 3.28. The Morgan fingerprint density at radius 2 is 2.39 bits per heavy atom. The normalized spacial score (nSPS) is 27.3. The molecule has 2 fully saturated rings. The summed E-state index contributed by atoms with van der Waals surface area (Å²) in [6.07, 6.45) is 7.88. The second-order valence-corrected chi connectivity index (χ2v) is 5.20. The number of pyridine rings is 1. The van der Waals surface area contributed by atoms with Gasteiger partial charge in [-0.3, -0.25) is 9.78 Å². The standard InChI is InChI=1S/C14H19N3O/c18-14-8-12(13-5-1-2-7-17(13)14)16-10-11-4-3-6-15-9-11/h3-4,6,9,12-13,16H,1-2,5,7-8,10H2. The predicted molar refractivity (Wildman–Crippen MR) is 68.8 cm³/mol. The second kappa shape index (κ2) is 5.06. The van der Waals surface area contributed by atoms with E-state index in [1.54, 1.807) is 6.20 Å². The van der Waals surface area contributed by atoms with Crippen LogP contribution in [0.25, 0.3) is 0 Å². The zero-order valence-electron chi connectivity index (χ0n) is 10.5. The fraction of sp³-hybridized carbons (Fsp3) is 0.571. The molecule has 1 aromatic heterocycles. The van der Waals surface area contributed by atoms with Crippen molar-refractivity contribution in [2.24, 2.45) is 0 Å². The zero-order chi connectivity index (χ0) is 12.4. The summed E-state index contributed by atoms with van der Waals surface area (Å²) in [4.78, 5) is 18.1. The Balaban J connectivity index is 1.61. The van der Waals surface area contributed by atoms with Crippen molar-refractivity contribution in [3.8, 4) is 0 Å². The number of hydrogen-bond donors (Lipinski definition) is 1. The Morgan fingerprint density at radius 3 is 3.22 bits per heavy atom. The summed E-state index contributed by atoms with van der Waals surface area (Å²) in [5.41, 5.74) is 1.18. The van der Waals surface area contributed by atoms with Crippen molar-refractivity contribution in [1.29, 1.82) is 0 Å². The number of carbonyl (C=O) groups excluding carboxylic acids is 1. The minimum Gasteiger partial charge on any atom is -0.338 e. The molecule has 0 aliphatic carbocycles. The highest BCUT2D eigenvalue weighted by Gasteiger charge is 2.40. The Labute approximate surface area is 107 Å². The second-order valence-electron chi connectivity index (χ2n) is 5.20. The monoisotopic (exact) mass is 245 g/mol. The van der Waals surface area contributed by atoms with Gasteiger partial charge in [0.25, 0.3) is 0 Å². The van der Waals surface area contributed by atoms with Crippen LogP contribution in [0.3, 0.4) is 0 Å². The lowest BCUT2D eigenvalue weighted by atomic mass is 9.99. The Morgan fingerprint density at radius 1 is 1.44 bits per heavy atom. The lowest BCUT2D eigenvalue weighted by molar-refractivity contribution is -0.129. The van der Waals surface area contributed by atoms with Gasteiger partial charge in [0, 0.05) is 44.0 Å². The quantitative estimate of drug-likeness (QED) is 0.873. The van der Waals surface area contributed by atoms with E-state index in [9.17, 15) is 4.79 Å². The van der Waals surface area contributed by atoms with Crippen molar-refractivity contribution in [1.82, 2.24) is 15.2 Å². The van der Waals surface area contributed by atoms with Crippen molar-refractivity contribution in [2.75, 3.05) is 6.54 Å². The van der Waals surface area contributed by atoms with Crippen LogP contribution < -0.4 is 5.32 Å². The molecular weight excluding hydrogens is 226 g/mol. The first kappa shape index (κ1) is 11.7. The fourth-order valence-corrected chi connectivity index (χ4v) is 3.09. The number of nitrogens with one attached hydrogen (secondary N) is 1. The summed E-state index contributed by atoms with van der Waals surface area (Å²) < 4.78 is 0. The highest BCUT2D eigenvalue weighted by atomic mass is 16.2. The molecule has 96 valence electrons. The summed E-state index contributed by atoms with van der Waals surface area (Å²) in [6.45, 7) is 1.75. The molecule has 0 bridgehead atoms. The maximum absolute atomic E-state index is 11.9. The minimum atomic E-state index is 0.318. The molecule has 1 N–H and O–H groups in total. The van der Waals surface area contributed by atoms with Gasteiger partial charge >= 0.3 is 0 Å². The van der Waals surface area contributed by atoms with E-state index in [-0.39, 0.29) is 0 Å². The third-order valence-electron chi connectivity index (χ3n) is 4.02. The van der Waals surface area contributed by atoms with Gasteiger partial charge in [0.1, 0.15) is 0 Å². The highest BCUT2D eigenvalue weighted by molar-refractivity contribution is 5.80. The van der Waals surface area contributed by atoms with Crippen LogP contribution in [0.2, 0.25) is 0 Å². The number of nitrogens with zero attached hydrogens (tertiary/aromatic N) is 2. The fourth-order valence-electron chi connectivity index (χ4n) is 3.09. The van der Waals surface area contributed by atoms with Gasteiger partial charge in [0.15, 0.2) is 0 Å². The van der Waals surface area contributed by atoms with Crippen LogP contribution in [0.1, 0.15) is 31.2 Å². The van der Waals surface area contributed by atoms with Crippen LogP contribution in [0.15, 0.2) is 24.5 Å². The first-order valence-corrected chi connectivity index (χ1v) is 6.76. The van der Waals surface area contributed by atoms with Gasteiger partial charge in [-0.25, -0.2) is 0 Å². The maximum Gasteiger partial charge on any atom is 0.224 e. The van der Waals surface area contributed by atoms with Gasteiger partial charge < -0.3 is 10.2 Å². The van der Waals surface area contributed by atoms with E-state index in [1.807, 2.05) is 12.3 Å². The first-order chi connectivity index (χ1) is 8.84. The molecule has 2 atom stereocenters. The van der Waals surface area contributed by atoms with E-state index in [0.717, 1.165) is 25.9 Å². The van der Waals surface area contributed by atoms with Crippen molar-refractivity contribution in [2.45, 2.75) is 44.3 Å². The van der Waals surface area contributed by atoms with Gasteiger partial charge in [-0.15, -0.1) is 0 Å². The molecule has 2 saturated heterocycles. The maximum atomic E-state index is 11.9. The SMILES string of the molecule is O=C1CC(NCc2cccnc2)C2CCCCN12. The van der Waals surface area contributed by atoms with E-state index in [0.29, 0.717) is 24.4 Å². The number of carbonyl (C=O) groups is 1. The molecule has 3 heterocycles. The lowest BCUT2D eigenvalue weighted by Crippen LogP contribution is -2.45. The van der Waals surface area contributed by atoms with E-state index in [1.165, 1.54) is 12.0 Å². The summed E-state index contributed by atoms with van der Waals surface area (Å²) in [5.74, 6) is 0.323. The smallest absolute Gasteiger partial charge is 0.224 e. The van der Waals surface area contributed by atoms with E-state index in [2.05, 4.69) is 21.3 Å². The van der Waals surface area contributed by atoms with Crippen molar-refractivity contribution >= 4 is 5.91 Å². The molecule has 4 nitrogen and oxygen atoms in total. The average molecular weight is 245 g/mol. The number of amides is 1. The van der Waals surface area contributed by atoms with Crippen LogP contribution in [-0.4, -0.2) is 34.4 Å². The molecule has 2 aliphatic heterocycles. The summed E-state index contributed by atoms with van der Waals surface area (Å²) in [6, 6.07) is 4.75. The Bertz CT molecular complexity index is 420. The summed E-state index contributed by atoms with van der Waals surface area (Å²) in [7, 11) is 0. The van der Waals surface area contributed by atoms with Crippen LogP contribution in [0, 0.1) is 0 Å². The highest BCUT2D eigenvalue weighted by Crippen LogP contribution is 2.28. The molecule has 1 aromatic rings. The van der Waals surface area contributed by atoms with Crippen LogP contribution >= 0.6 is 0 Å². The first-order valence-electron chi connectivity index (χ1n) is 6.76. The third-order valence-corrected chi connectivity index (χ3v) is 4.02. The number of rotatable bonds is 3. The number of piperidine rings is 1. The van der Waals surface area contributed by atoms with Crippen LogP contribution in [0.5, 0.6) is 0 Å². The van der Waals surface area contributed by atoms with Gasteiger partial charge in [-0.1, -0.05) is 6.07 Å². The average Bonchev–Trinajstić information content (AvgIpc) is 2.75. The summed E-state index contributed by atoms with van der Waals surface area (Å²) in [5, 5.41) is 3.52. The predicted octanol–water partition coefficient (Wildman–Crippen LogP) is 1.32. The minimum absolute atomic E-state index is 0.318. The molecule has 2 aliphatic rings. The van der Waals surface area contributed by atoms with Crippen molar-refractivity contribution in [3.63, 3.8) is 0 Å².